The Bertz CT molecular complexity index is 1200. The standard InChI is InChI=1S/C27H30N6O/c1-3-6-19-12-14-30-24(17-19)31-27(34)21-10-8-20(9-11-21)26-32-25(22-7-4-5-13-29-22)23-18-28-15-16-33(23,26)2/h8-12,14-18,22,29H,3-7,13H2,1-2H3/p+1. The van der Waals surface area contributed by atoms with Gasteiger partial charge in [-0.2, -0.15) is 4.99 Å². The maximum atomic E-state index is 12.8. The number of hydrogen-bond donors (Lipinski definition) is 2. The predicted octanol–water partition coefficient (Wildman–Crippen LogP) is 4.40. The lowest BCUT2D eigenvalue weighted by Crippen LogP contribution is -2.43. The van der Waals surface area contributed by atoms with Gasteiger partial charge in [0.15, 0.2) is 5.70 Å². The molecule has 3 aliphatic heterocycles. The first-order chi connectivity index (χ1) is 16.6. The highest BCUT2D eigenvalue weighted by Crippen LogP contribution is 2.35. The Morgan fingerprint density at radius 2 is 2.06 bits per heavy atom. The number of piperidine rings is 1. The predicted molar refractivity (Wildman–Crippen MR) is 136 cm³/mol. The first kappa shape index (κ1) is 22.4. The van der Waals surface area contributed by atoms with E-state index in [1.807, 2.05) is 48.8 Å². The highest BCUT2D eigenvalue weighted by Gasteiger charge is 2.44. The molecule has 1 saturated heterocycles. The molecule has 1 aromatic carbocycles. The van der Waals surface area contributed by atoms with Gasteiger partial charge in [0.1, 0.15) is 17.7 Å². The molecule has 0 spiro atoms. The first-order valence-corrected chi connectivity index (χ1v) is 12.1. The molecule has 2 N–H and O–H groups in total. The SMILES string of the molecule is CCCc1ccnc(NC(=O)c2ccc(C3=NC(C4CCCCN4)=C4C=NC=C[N+]34C)cc2)c1. The van der Waals surface area contributed by atoms with Gasteiger partial charge in [0.05, 0.1) is 31.1 Å². The molecular formula is C27H31N6O+. The van der Waals surface area contributed by atoms with Crippen LogP contribution in [0.15, 0.2) is 76.4 Å². The van der Waals surface area contributed by atoms with Gasteiger partial charge >= 0.3 is 0 Å². The van der Waals surface area contributed by atoms with Gasteiger partial charge < -0.3 is 10.6 Å². The number of aromatic nitrogens is 1. The molecule has 0 radical (unpaired) electrons. The summed E-state index contributed by atoms with van der Waals surface area (Å²) >= 11 is 0. The molecule has 2 unspecified atom stereocenters. The fraction of sp³-hybridized carbons (Fsp3) is 0.333. The number of amides is 1. The van der Waals surface area contributed by atoms with Crippen LogP contribution in [0.2, 0.25) is 0 Å². The number of allylic oxidation sites excluding steroid dienone is 1. The summed E-state index contributed by atoms with van der Waals surface area (Å²) in [5.74, 6) is 1.35. The molecule has 1 aromatic heterocycles. The lowest BCUT2D eigenvalue weighted by molar-refractivity contribution is -0.713. The van der Waals surface area contributed by atoms with Gasteiger partial charge in [0.25, 0.3) is 5.91 Å². The van der Waals surface area contributed by atoms with Gasteiger partial charge in [-0.3, -0.25) is 9.79 Å². The van der Waals surface area contributed by atoms with Crippen molar-refractivity contribution < 1.29 is 9.28 Å². The number of benzene rings is 1. The van der Waals surface area contributed by atoms with E-state index in [9.17, 15) is 4.79 Å². The van der Waals surface area contributed by atoms with E-state index in [-0.39, 0.29) is 11.9 Å². The van der Waals surface area contributed by atoms with Crippen LogP contribution in [0.1, 0.15) is 54.1 Å². The summed E-state index contributed by atoms with van der Waals surface area (Å²) in [4.78, 5) is 26.6. The fourth-order valence-corrected chi connectivity index (χ4v) is 4.87. The fourth-order valence-electron chi connectivity index (χ4n) is 4.87. The summed E-state index contributed by atoms with van der Waals surface area (Å²) in [6.45, 7) is 3.15. The Morgan fingerprint density at radius 3 is 2.82 bits per heavy atom. The Morgan fingerprint density at radius 1 is 1.21 bits per heavy atom. The molecule has 34 heavy (non-hydrogen) atoms. The number of nitrogens with zero attached hydrogens (tertiary/aromatic N) is 4. The normalized spacial score (nSPS) is 23.6. The number of rotatable bonds is 6. The number of hydrogen-bond acceptors (Lipinski definition) is 5. The number of pyridine rings is 1. The van der Waals surface area contributed by atoms with Gasteiger partial charge in [0.2, 0.25) is 5.84 Å². The van der Waals surface area contributed by atoms with Crippen molar-refractivity contribution in [3.63, 3.8) is 0 Å². The summed E-state index contributed by atoms with van der Waals surface area (Å²) in [7, 11) is 2.14. The molecular weight excluding hydrogens is 424 g/mol. The monoisotopic (exact) mass is 455 g/mol. The number of amidine groups is 1. The van der Waals surface area contributed by atoms with Crippen LogP contribution >= 0.6 is 0 Å². The number of quaternary nitrogens is 1. The zero-order valence-corrected chi connectivity index (χ0v) is 19.8. The van der Waals surface area contributed by atoms with E-state index in [1.165, 1.54) is 18.4 Å². The van der Waals surface area contributed by atoms with Crippen LogP contribution in [-0.2, 0) is 6.42 Å². The van der Waals surface area contributed by atoms with Crippen LogP contribution in [0.25, 0.3) is 0 Å². The van der Waals surface area contributed by atoms with Crippen LogP contribution in [0.4, 0.5) is 5.82 Å². The van der Waals surface area contributed by atoms with Crippen LogP contribution in [-0.4, -0.2) is 47.1 Å². The van der Waals surface area contributed by atoms with Crippen LogP contribution in [0, 0.1) is 0 Å². The summed E-state index contributed by atoms with van der Waals surface area (Å²) in [5, 5.41) is 6.54. The third kappa shape index (κ3) is 4.24. The summed E-state index contributed by atoms with van der Waals surface area (Å²) in [6, 6.07) is 11.8. The highest BCUT2D eigenvalue weighted by atomic mass is 16.1. The second-order valence-corrected chi connectivity index (χ2v) is 9.19. The molecule has 1 amide bonds. The lowest BCUT2D eigenvalue weighted by Gasteiger charge is -2.29. The molecule has 7 nitrogen and oxygen atoms in total. The Labute approximate surface area is 200 Å². The topological polar surface area (TPSA) is 78.7 Å². The molecule has 5 rings (SSSR count). The van der Waals surface area contributed by atoms with E-state index in [4.69, 9.17) is 4.99 Å². The maximum absolute atomic E-state index is 12.8. The van der Waals surface area contributed by atoms with Crippen molar-refractivity contribution in [2.24, 2.45) is 9.98 Å². The van der Waals surface area contributed by atoms with Crippen molar-refractivity contribution in [1.82, 2.24) is 10.3 Å². The summed E-state index contributed by atoms with van der Waals surface area (Å²) in [6.07, 6.45) is 13.1. The second-order valence-electron chi connectivity index (χ2n) is 9.19. The molecule has 0 saturated carbocycles. The minimum absolute atomic E-state index is 0.169. The quantitative estimate of drug-likeness (QED) is 0.634. The molecule has 7 heteroatoms. The number of nitrogens with one attached hydrogen (secondary N) is 2. The van der Waals surface area contributed by atoms with Gasteiger partial charge in [-0.25, -0.2) is 9.47 Å². The van der Waals surface area contributed by atoms with E-state index in [2.05, 4.69) is 40.8 Å². The Hall–Kier alpha value is -3.42. The van der Waals surface area contributed by atoms with Crippen LogP contribution in [0.5, 0.6) is 0 Å². The van der Waals surface area contributed by atoms with E-state index in [0.717, 1.165) is 48.6 Å². The zero-order chi connectivity index (χ0) is 23.5. The van der Waals surface area contributed by atoms with E-state index >= 15 is 0 Å². The number of fused-ring (bicyclic) bond motifs is 1. The third-order valence-electron chi connectivity index (χ3n) is 6.73. The van der Waals surface area contributed by atoms with Crippen molar-refractivity contribution in [2.75, 3.05) is 18.9 Å². The average molecular weight is 456 g/mol. The van der Waals surface area contributed by atoms with Crippen molar-refractivity contribution >= 4 is 23.8 Å². The number of carbonyl (C=O) groups is 1. The molecule has 1 fully saturated rings. The molecule has 3 aliphatic rings. The van der Waals surface area contributed by atoms with Gasteiger partial charge in [-0.1, -0.05) is 19.8 Å². The van der Waals surface area contributed by atoms with Crippen LogP contribution in [0.3, 0.4) is 0 Å². The number of anilines is 1. The molecule has 2 atom stereocenters. The molecule has 2 aromatic rings. The number of aryl methyl sites for hydroxylation is 1. The van der Waals surface area contributed by atoms with E-state index in [1.54, 1.807) is 6.20 Å². The molecule has 4 heterocycles. The Balaban J connectivity index is 1.37. The average Bonchev–Trinajstić information content (AvgIpc) is 3.18. The molecule has 0 bridgehead atoms. The Kier molecular flexibility index (Phi) is 6.22. The minimum Gasteiger partial charge on any atom is -0.308 e. The number of aliphatic imine (C=N–C) groups is 2. The van der Waals surface area contributed by atoms with Crippen molar-refractivity contribution in [2.45, 2.75) is 45.1 Å². The summed E-state index contributed by atoms with van der Waals surface area (Å²) < 4.78 is 0.483. The van der Waals surface area contributed by atoms with Crippen molar-refractivity contribution in [3.05, 3.63) is 83.1 Å². The zero-order valence-electron chi connectivity index (χ0n) is 19.8. The first-order valence-electron chi connectivity index (χ1n) is 12.1. The van der Waals surface area contributed by atoms with Crippen molar-refractivity contribution in [3.8, 4) is 0 Å². The van der Waals surface area contributed by atoms with E-state index < -0.39 is 0 Å². The van der Waals surface area contributed by atoms with Gasteiger partial charge in [0, 0.05) is 11.8 Å². The van der Waals surface area contributed by atoms with Crippen LogP contribution < -0.4 is 10.6 Å². The van der Waals surface area contributed by atoms with Gasteiger partial charge in [-0.15, -0.1) is 0 Å². The number of carbonyl (C=O) groups excluding carboxylic acids is 1. The largest absolute Gasteiger partial charge is 0.308 e. The maximum Gasteiger partial charge on any atom is 0.256 e. The lowest BCUT2D eigenvalue weighted by atomic mass is 10.0. The smallest absolute Gasteiger partial charge is 0.256 e. The highest BCUT2D eigenvalue weighted by molar-refractivity contribution is 6.05. The summed E-state index contributed by atoms with van der Waals surface area (Å²) in [5.41, 5.74) is 4.93. The molecule has 0 aliphatic carbocycles. The van der Waals surface area contributed by atoms with Crippen molar-refractivity contribution in [1.29, 1.82) is 0 Å². The third-order valence-corrected chi connectivity index (χ3v) is 6.73. The van der Waals surface area contributed by atoms with E-state index in [0.29, 0.717) is 15.9 Å². The molecule has 174 valence electrons. The minimum atomic E-state index is -0.169. The second kappa shape index (κ2) is 9.44. The van der Waals surface area contributed by atoms with Gasteiger partial charge in [-0.05, 0) is 67.8 Å².